The molecule has 0 spiro atoms. The van der Waals surface area contributed by atoms with Crippen LogP contribution in [0.5, 0.6) is 0 Å². The summed E-state index contributed by atoms with van der Waals surface area (Å²) in [5, 5.41) is 15.7. The molecule has 0 aromatic heterocycles. The first-order valence-electron chi connectivity index (χ1n) is 13.1. The summed E-state index contributed by atoms with van der Waals surface area (Å²) in [6, 6.07) is 10.5. The summed E-state index contributed by atoms with van der Waals surface area (Å²) in [4.78, 5) is 54.9. The number of nitrogens with zero attached hydrogens (tertiary/aromatic N) is 2. The maximum absolute atomic E-state index is 13.8. The molecular formula is C28H32Cl2N4O5. The number of carbonyl (C=O) groups excluding carboxylic acids is 3. The number of nitrogens with one attached hydrogen (secondary N) is 2. The van der Waals surface area contributed by atoms with E-state index in [1.54, 1.807) is 12.1 Å². The van der Waals surface area contributed by atoms with Crippen LogP contribution in [-0.4, -0.2) is 64.0 Å². The third-order valence-electron chi connectivity index (χ3n) is 7.34. The molecule has 2 unspecified atom stereocenters. The van der Waals surface area contributed by atoms with E-state index in [0.717, 1.165) is 37.7 Å². The molecule has 2 atom stereocenters. The van der Waals surface area contributed by atoms with Crippen molar-refractivity contribution in [2.45, 2.75) is 57.7 Å². The van der Waals surface area contributed by atoms with E-state index in [-0.39, 0.29) is 41.0 Å². The van der Waals surface area contributed by atoms with E-state index < -0.39 is 36.0 Å². The van der Waals surface area contributed by atoms with Crippen LogP contribution in [0.25, 0.3) is 0 Å². The lowest BCUT2D eigenvalue weighted by Crippen LogP contribution is -2.57. The summed E-state index contributed by atoms with van der Waals surface area (Å²) in [7, 11) is 0. The van der Waals surface area contributed by atoms with Crippen LogP contribution in [0, 0.1) is 12.8 Å². The Kier molecular flexibility index (Phi) is 9.35. The minimum Gasteiger partial charge on any atom is -0.481 e. The molecule has 3 N–H and O–H groups in total. The molecule has 4 rings (SSSR count). The van der Waals surface area contributed by atoms with Crippen LogP contribution >= 0.6 is 23.2 Å². The van der Waals surface area contributed by atoms with Crippen molar-refractivity contribution in [2.75, 3.05) is 18.4 Å². The number of rotatable bonds is 7. The van der Waals surface area contributed by atoms with Gasteiger partial charge in [0.25, 0.3) is 11.8 Å². The Morgan fingerprint density at radius 3 is 2.26 bits per heavy atom. The number of urea groups is 1. The highest BCUT2D eigenvalue weighted by Crippen LogP contribution is 2.29. The first kappa shape index (κ1) is 28.7. The number of benzene rings is 2. The van der Waals surface area contributed by atoms with Gasteiger partial charge in [0.2, 0.25) is 0 Å². The van der Waals surface area contributed by atoms with Gasteiger partial charge in [0.05, 0.1) is 16.5 Å². The average Bonchev–Trinajstić information content (AvgIpc) is 3.36. The summed E-state index contributed by atoms with van der Waals surface area (Å²) in [6.07, 6.45) is 3.11. The minimum absolute atomic E-state index is 0.00858. The monoisotopic (exact) mass is 574 g/mol. The van der Waals surface area contributed by atoms with Crippen LogP contribution < -0.4 is 10.6 Å². The predicted molar refractivity (Wildman–Crippen MR) is 149 cm³/mol. The summed E-state index contributed by atoms with van der Waals surface area (Å²) < 4.78 is 0. The largest absolute Gasteiger partial charge is 0.481 e. The second kappa shape index (κ2) is 12.7. The van der Waals surface area contributed by atoms with E-state index in [2.05, 4.69) is 10.6 Å². The molecular weight excluding hydrogens is 543 g/mol. The van der Waals surface area contributed by atoms with Gasteiger partial charge < -0.3 is 20.6 Å². The lowest BCUT2D eigenvalue weighted by molar-refractivity contribution is -0.138. The number of aryl methyl sites for hydroxylation is 1. The fraction of sp³-hybridized carbons (Fsp3) is 0.429. The van der Waals surface area contributed by atoms with E-state index >= 15 is 0 Å². The highest BCUT2D eigenvalue weighted by atomic mass is 35.5. The number of anilines is 1. The van der Waals surface area contributed by atoms with Crippen molar-refractivity contribution < 1.29 is 24.3 Å². The highest BCUT2D eigenvalue weighted by Gasteiger charge is 2.44. The molecule has 2 fully saturated rings. The molecule has 39 heavy (non-hydrogen) atoms. The van der Waals surface area contributed by atoms with Crippen molar-refractivity contribution >= 4 is 52.7 Å². The molecule has 2 aliphatic rings. The third-order valence-corrected chi connectivity index (χ3v) is 8.08. The molecule has 1 aliphatic heterocycles. The standard InChI is InChI=1S/C28H32Cl2N4O5/c1-17-7-10-20(11-8-17)31-28(39)34-14-13-33(27(38)19-9-12-21(29)22(30)15-19)26(34)25(37)32-23(16-24(35)36)18-5-3-2-4-6-18/h7-12,15,18,23,26H,2-6,13-14,16H2,1H3,(H,31,39)(H,32,37)(H,35,36). The van der Waals surface area contributed by atoms with Gasteiger partial charge in [-0.2, -0.15) is 0 Å². The zero-order chi connectivity index (χ0) is 28.1. The minimum atomic E-state index is -1.28. The highest BCUT2D eigenvalue weighted by molar-refractivity contribution is 6.42. The number of carboxylic acid groups (broad SMARTS) is 1. The van der Waals surface area contributed by atoms with Gasteiger partial charge in [-0.3, -0.25) is 19.3 Å². The van der Waals surface area contributed by atoms with Crippen molar-refractivity contribution in [3.63, 3.8) is 0 Å². The zero-order valence-electron chi connectivity index (χ0n) is 21.7. The van der Waals surface area contributed by atoms with Crippen molar-refractivity contribution in [1.29, 1.82) is 0 Å². The molecule has 2 aromatic rings. The maximum Gasteiger partial charge on any atom is 0.323 e. The van der Waals surface area contributed by atoms with E-state index in [1.165, 1.54) is 28.0 Å². The van der Waals surface area contributed by atoms with Gasteiger partial charge in [-0.15, -0.1) is 0 Å². The van der Waals surface area contributed by atoms with Gasteiger partial charge in [0.1, 0.15) is 0 Å². The lowest BCUT2D eigenvalue weighted by Gasteiger charge is -2.34. The number of carboxylic acids is 1. The number of hydrogen-bond donors (Lipinski definition) is 3. The second-order valence-corrected chi connectivity index (χ2v) is 10.9. The van der Waals surface area contributed by atoms with Crippen LogP contribution in [0.2, 0.25) is 10.0 Å². The number of amides is 4. The molecule has 1 saturated carbocycles. The number of aliphatic carboxylic acids is 1. The van der Waals surface area contributed by atoms with Crippen molar-refractivity contribution in [3.8, 4) is 0 Å². The second-order valence-electron chi connectivity index (χ2n) is 10.1. The molecule has 208 valence electrons. The Hall–Kier alpha value is -3.30. The molecule has 1 aliphatic carbocycles. The number of hydrogen-bond acceptors (Lipinski definition) is 4. The normalized spacial score (nSPS) is 18.5. The van der Waals surface area contributed by atoms with Gasteiger partial charge in [0.15, 0.2) is 6.17 Å². The SMILES string of the molecule is Cc1ccc(NC(=O)N2CCN(C(=O)c3ccc(Cl)c(Cl)c3)C2C(=O)NC(CC(=O)O)C2CCCCC2)cc1. The molecule has 11 heteroatoms. The molecule has 1 saturated heterocycles. The third kappa shape index (κ3) is 7.02. The van der Waals surface area contributed by atoms with Crippen LogP contribution in [0.4, 0.5) is 10.5 Å². The Balaban J connectivity index is 1.61. The quantitative estimate of drug-likeness (QED) is 0.422. The van der Waals surface area contributed by atoms with Gasteiger partial charge in [0, 0.05) is 30.4 Å². The van der Waals surface area contributed by atoms with Crippen LogP contribution in [-0.2, 0) is 9.59 Å². The molecule has 4 amide bonds. The molecule has 0 bridgehead atoms. The zero-order valence-corrected chi connectivity index (χ0v) is 23.2. The smallest absolute Gasteiger partial charge is 0.323 e. The summed E-state index contributed by atoms with van der Waals surface area (Å²) in [6.45, 7) is 2.14. The fourth-order valence-corrected chi connectivity index (χ4v) is 5.58. The Labute approximate surface area is 237 Å². The molecule has 9 nitrogen and oxygen atoms in total. The molecule has 0 radical (unpaired) electrons. The summed E-state index contributed by atoms with van der Waals surface area (Å²) in [5.74, 6) is -2.10. The van der Waals surface area contributed by atoms with Crippen LogP contribution in [0.3, 0.4) is 0 Å². The van der Waals surface area contributed by atoms with Gasteiger partial charge in [-0.25, -0.2) is 4.79 Å². The van der Waals surface area contributed by atoms with Crippen molar-refractivity contribution in [2.24, 2.45) is 5.92 Å². The molecule has 2 aromatic carbocycles. The van der Waals surface area contributed by atoms with Crippen molar-refractivity contribution in [1.82, 2.24) is 15.1 Å². The molecule has 1 heterocycles. The fourth-order valence-electron chi connectivity index (χ4n) is 5.28. The predicted octanol–water partition coefficient (Wildman–Crippen LogP) is 5.16. The Bertz CT molecular complexity index is 1230. The average molecular weight is 575 g/mol. The topological polar surface area (TPSA) is 119 Å². The van der Waals surface area contributed by atoms with Crippen LogP contribution in [0.15, 0.2) is 42.5 Å². The first-order valence-corrected chi connectivity index (χ1v) is 13.8. The van der Waals surface area contributed by atoms with Crippen LogP contribution in [0.1, 0.15) is 54.4 Å². The van der Waals surface area contributed by atoms with E-state index in [1.807, 2.05) is 19.1 Å². The van der Waals surface area contributed by atoms with Crippen molar-refractivity contribution in [3.05, 3.63) is 63.6 Å². The Morgan fingerprint density at radius 1 is 0.949 bits per heavy atom. The van der Waals surface area contributed by atoms with E-state index in [9.17, 15) is 24.3 Å². The van der Waals surface area contributed by atoms with E-state index in [0.29, 0.717) is 5.69 Å². The number of carbonyl (C=O) groups is 4. The summed E-state index contributed by atoms with van der Waals surface area (Å²) in [5.41, 5.74) is 1.79. The Morgan fingerprint density at radius 2 is 1.62 bits per heavy atom. The van der Waals surface area contributed by atoms with Gasteiger partial charge in [-0.05, 0) is 56.0 Å². The number of halogens is 2. The maximum atomic E-state index is 13.8. The summed E-state index contributed by atoms with van der Waals surface area (Å²) >= 11 is 12.2. The first-order chi connectivity index (χ1) is 18.6. The van der Waals surface area contributed by atoms with E-state index in [4.69, 9.17) is 23.2 Å². The lowest BCUT2D eigenvalue weighted by atomic mass is 9.82. The van der Waals surface area contributed by atoms with Gasteiger partial charge in [-0.1, -0.05) is 60.2 Å². The van der Waals surface area contributed by atoms with Gasteiger partial charge >= 0.3 is 12.0 Å².